The van der Waals surface area contributed by atoms with Crippen LogP contribution in [-0.4, -0.2) is 10.9 Å². The SMILES string of the molecule is CC(NC(=O)c1ccc(C(F)(F)F)nc1)c1ccco1. The van der Waals surface area contributed by atoms with Crippen molar-refractivity contribution in [2.45, 2.75) is 19.1 Å². The Kier molecular flexibility index (Phi) is 3.78. The highest BCUT2D eigenvalue weighted by molar-refractivity contribution is 5.94. The minimum Gasteiger partial charge on any atom is -0.467 e. The van der Waals surface area contributed by atoms with E-state index in [9.17, 15) is 18.0 Å². The monoisotopic (exact) mass is 284 g/mol. The number of nitrogens with one attached hydrogen (secondary N) is 1. The van der Waals surface area contributed by atoms with Gasteiger partial charge in [0.1, 0.15) is 11.5 Å². The van der Waals surface area contributed by atoms with Crippen molar-refractivity contribution in [2.24, 2.45) is 0 Å². The second-order valence-corrected chi connectivity index (χ2v) is 4.14. The summed E-state index contributed by atoms with van der Waals surface area (Å²) in [6.07, 6.45) is -2.15. The summed E-state index contributed by atoms with van der Waals surface area (Å²) in [5.74, 6) is 0.0355. The number of carbonyl (C=O) groups excluding carboxylic acids is 1. The van der Waals surface area contributed by atoms with Crippen LogP contribution in [0.15, 0.2) is 41.1 Å². The molecule has 1 unspecified atom stereocenters. The number of furan rings is 1. The average molecular weight is 284 g/mol. The van der Waals surface area contributed by atoms with Crippen molar-refractivity contribution in [2.75, 3.05) is 0 Å². The van der Waals surface area contributed by atoms with Crippen LogP contribution in [0.2, 0.25) is 0 Å². The maximum absolute atomic E-state index is 12.3. The first kappa shape index (κ1) is 14.1. The number of aromatic nitrogens is 1. The van der Waals surface area contributed by atoms with Gasteiger partial charge >= 0.3 is 6.18 Å². The van der Waals surface area contributed by atoms with Crippen molar-refractivity contribution in [1.29, 1.82) is 0 Å². The van der Waals surface area contributed by atoms with E-state index in [0.717, 1.165) is 18.3 Å². The molecular formula is C13H11F3N2O2. The van der Waals surface area contributed by atoms with Crippen LogP contribution in [0.25, 0.3) is 0 Å². The zero-order valence-electron chi connectivity index (χ0n) is 10.4. The largest absolute Gasteiger partial charge is 0.467 e. The van der Waals surface area contributed by atoms with Gasteiger partial charge in [-0.1, -0.05) is 0 Å². The second kappa shape index (κ2) is 5.36. The predicted molar refractivity (Wildman–Crippen MR) is 63.8 cm³/mol. The third kappa shape index (κ3) is 3.17. The quantitative estimate of drug-likeness (QED) is 0.941. The lowest BCUT2D eigenvalue weighted by Gasteiger charge is -2.11. The number of nitrogens with zero attached hydrogens (tertiary/aromatic N) is 1. The van der Waals surface area contributed by atoms with E-state index < -0.39 is 17.8 Å². The average Bonchev–Trinajstić information content (AvgIpc) is 2.91. The Balaban J connectivity index is 2.06. The first-order valence-electron chi connectivity index (χ1n) is 5.75. The van der Waals surface area contributed by atoms with Gasteiger partial charge in [-0.3, -0.25) is 9.78 Å². The molecule has 0 saturated heterocycles. The van der Waals surface area contributed by atoms with E-state index in [1.54, 1.807) is 19.1 Å². The van der Waals surface area contributed by atoms with E-state index in [4.69, 9.17) is 4.42 Å². The smallest absolute Gasteiger partial charge is 0.433 e. The molecule has 106 valence electrons. The molecule has 0 spiro atoms. The highest BCUT2D eigenvalue weighted by atomic mass is 19.4. The number of pyridine rings is 1. The molecule has 1 amide bonds. The third-order valence-corrected chi connectivity index (χ3v) is 2.63. The fourth-order valence-corrected chi connectivity index (χ4v) is 1.58. The number of rotatable bonds is 3. The molecule has 0 aliphatic rings. The van der Waals surface area contributed by atoms with Crippen LogP contribution in [0.5, 0.6) is 0 Å². The van der Waals surface area contributed by atoms with Gasteiger partial charge in [-0.05, 0) is 31.2 Å². The van der Waals surface area contributed by atoms with Gasteiger partial charge in [-0.15, -0.1) is 0 Å². The minimum absolute atomic E-state index is 0.0522. The Morgan fingerprint density at radius 3 is 2.60 bits per heavy atom. The van der Waals surface area contributed by atoms with E-state index in [-0.39, 0.29) is 11.6 Å². The maximum atomic E-state index is 12.3. The highest BCUT2D eigenvalue weighted by Gasteiger charge is 2.32. The van der Waals surface area contributed by atoms with Gasteiger partial charge in [0.15, 0.2) is 0 Å². The Morgan fingerprint density at radius 2 is 2.10 bits per heavy atom. The zero-order valence-corrected chi connectivity index (χ0v) is 10.4. The van der Waals surface area contributed by atoms with E-state index in [0.29, 0.717) is 5.76 Å². The fourth-order valence-electron chi connectivity index (χ4n) is 1.58. The van der Waals surface area contributed by atoms with Crippen LogP contribution in [0, 0.1) is 0 Å². The Bertz CT molecular complexity index is 577. The highest BCUT2D eigenvalue weighted by Crippen LogP contribution is 2.27. The molecule has 2 heterocycles. The molecule has 4 nitrogen and oxygen atoms in total. The van der Waals surface area contributed by atoms with Crippen molar-refractivity contribution in [3.8, 4) is 0 Å². The van der Waals surface area contributed by atoms with Crippen molar-refractivity contribution < 1.29 is 22.4 Å². The van der Waals surface area contributed by atoms with Crippen LogP contribution in [0.3, 0.4) is 0 Å². The van der Waals surface area contributed by atoms with Crippen molar-refractivity contribution in [3.63, 3.8) is 0 Å². The second-order valence-electron chi connectivity index (χ2n) is 4.14. The van der Waals surface area contributed by atoms with Crippen LogP contribution < -0.4 is 5.32 Å². The molecule has 1 N–H and O–H groups in total. The summed E-state index contributed by atoms with van der Waals surface area (Å²) in [6, 6.07) is 4.83. The van der Waals surface area contributed by atoms with E-state index >= 15 is 0 Å². The molecule has 0 aromatic carbocycles. The molecule has 0 saturated carbocycles. The van der Waals surface area contributed by atoms with E-state index in [2.05, 4.69) is 10.3 Å². The van der Waals surface area contributed by atoms with Crippen LogP contribution in [0.1, 0.15) is 34.8 Å². The normalized spacial score (nSPS) is 13.0. The summed E-state index contributed by atoms with van der Waals surface area (Å²) in [5, 5.41) is 2.60. The lowest BCUT2D eigenvalue weighted by atomic mass is 10.2. The van der Waals surface area contributed by atoms with Gasteiger partial charge in [-0.25, -0.2) is 0 Å². The lowest BCUT2D eigenvalue weighted by Crippen LogP contribution is -2.26. The predicted octanol–water partition coefficient (Wildman–Crippen LogP) is 3.18. The number of hydrogen-bond donors (Lipinski definition) is 1. The van der Waals surface area contributed by atoms with Gasteiger partial charge in [-0.2, -0.15) is 13.2 Å². The standard InChI is InChI=1S/C13H11F3N2O2/c1-8(10-3-2-6-20-10)18-12(19)9-4-5-11(17-7-9)13(14,15)16/h2-8H,1H3,(H,18,19). The molecule has 2 aromatic rings. The fraction of sp³-hybridized carbons (Fsp3) is 0.231. The summed E-state index contributed by atoms with van der Waals surface area (Å²) in [4.78, 5) is 15.1. The molecule has 20 heavy (non-hydrogen) atoms. The summed E-state index contributed by atoms with van der Waals surface area (Å²) >= 11 is 0. The van der Waals surface area contributed by atoms with Crippen LogP contribution in [-0.2, 0) is 6.18 Å². The van der Waals surface area contributed by atoms with Crippen molar-refractivity contribution in [3.05, 3.63) is 53.7 Å². The summed E-state index contributed by atoms with van der Waals surface area (Å²) < 4.78 is 42.1. The number of hydrogen-bond acceptors (Lipinski definition) is 3. The van der Waals surface area contributed by atoms with E-state index in [1.807, 2.05) is 0 Å². The Morgan fingerprint density at radius 1 is 1.35 bits per heavy atom. The lowest BCUT2D eigenvalue weighted by molar-refractivity contribution is -0.141. The molecule has 2 aromatic heterocycles. The van der Waals surface area contributed by atoms with Gasteiger partial charge < -0.3 is 9.73 Å². The number of amides is 1. The van der Waals surface area contributed by atoms with Crippen LogP contribution in [0.4, 0.5) is 13.2 Å². The van der Waals surface area contributed by atoms with Crippen molar-refractivity contribution >= 4 is 5.91 Å². The molecule has 1 atom stereocenters. The first-order valence-corrected chi connectivity index (χ1v) is 5.75. The summed E-state index contributed by atoms with van der Waals surface area (Å²) in [5.41, 5.74) is -0.982. The van der Waals surface area contributed by atoms with Gasteiger partial charge in [0, 0.05) is 6.20 Å². The molecular weight excluding hydrogens is 273 g/mol. The number of carbonyl (C=O) groups is 1. The molecule has 0 bridgehead atoms. The first-order chi connectivity index (χ1) is 9.38. The topological polar surface area (TPSA) is 55.1 Å². The van der Waals surface area contributed by atoms with Gasteiger partial charge in [0.05, 0.1) is 17.9 Å². The summed E-state index contributed by atoms with van der Waals surface area (Å²) in [7, 11) is 0. The number of halogens is 3. The molecule has 0 aliphatic carbocycles. The zero-order chi connectivity index (χ0) is 14.8. The van der Waals surface area contributed by atoms with E-state index in [1.165, 1.54) is 6.26 Å². The third-order valence-electron chi connectivity index (χ3n) is 2.63. The Hall–Kier alpha value is -2.31. The summed E-state index contributed by atoms with van der Waals surface area (Å²) in [6.45, 7) is 1.70. The van der Waals surface area contributed by atoms with Gasteiger partial charge in [0.25, 0.3) is 5.91 Å². The van der Waals surface area contributed by atoms with Crippen molar-refractivity contribution in [1.82, 2.24) is 10.3 Å². The Labute approximate surface area is 112 Å². The molecule has 2 rings (SSSR count). The molecule has 0 aliphatic heterocycles. The molecule has 0 fully saturated rings. The maximum Gasteiger partial charge on any atom is 0.433 e. The molecule has 7 heteroatoms. The minimum atomic E-state index is -4.52. The van der Waals surface area contributed by atoms with Crippen LogP contribution >= 0.6 is 0 Å². The number of alkyl halides is 3. The van der Waals surface area contributed by atoms with Gasteiger partial charge in [0.2, 0.25) is 0 Å². The molecule has 0 radical (unpaired) electrons.